The van der Waals surface area contributed by atoms with Gasteiger partial charge in [0.1, 0.15) is 11.5 Å². The van der Waals surface area contributed by atoms with Gasteiger partial charge in [-0.3, -0.25) is 5.32 Å². The summed E-state index contributed by atoms with van der Waals surface area (Å²) in [5.74, 6) is 1.12. The highest BCUT2D eigenvalue weighted by molar-refractivity contribution is 5.99. The summed E-state index contributed by atoms with van der Waals surface area (Å²) in [5.41, 5.74) is 1.38. The van der Waals surface area contributed by atoms with E-state index in [0.29, 0.717) is 17.3 Å². The number of carbonyl (C=O) groups excluding carboxylic acids is 1. The van der Waals surface area contributed by atoms with Crippen LogP contribution in [-0.4, -0.2) is 16.3 Å². The largest absolute Gasteiger partial charge is 0.508 e. The number of benzene rings is 1. The van der Waals surface area contributed by atoms with Gasteiger partial charge in [-0.25, -0.2) is 4.79 Å². The van der Waals surface area contributed by atoms with Gasteiger partial charge in [-0.2, -0.15) is 0 Å². The van der Waals surface area contributed by atoms with Gasteiger partial charge in [0, 0.05) is 11.8 Å². The summed E-state index contributed by atoms with van der Waals surface area (Å²) in [6, 6.07) is 5.89. The van der Waals surface area contributed by atoms with Crippen molar-refractivity contribution in [1.82, 2.24) is 5.16 Å². The van der Waals surface area contributed by atoms with Crippen LogP contribution < -0.4 is 10.6 Å². The molecule has 1 aromatic heterocycles. The number of phenolic OH excluding ortho intramolecular Hbond substituents is 1. The van der Waals surface area contributed by atoms with Crippen LogP contribution in [0.25, 0.3) is 0 Å². The lowest BCUT2D eigenvalue weighted by Crippen LogP contribution is -2.20. The van der Waals surface area contributed by atoms with Crippen LogP contribution in [-0.2, 0) is 0 Å². The zero-order chi connectivity index (χ0) is 13.1. The second-order valence-corrected chi connectivity index (χ2v) is 3.90. The van der Waals surface area contributed by atoms with E-state index < -0.39 is 6.03 Å². The summed E-state index contributed by atoms with van der Waals surface area (Å²) in [5, 5.41) is 18.1. The molecule has 0 radical (unpaired) electrons. The summed E-state index contributed by atoms with van der Waals surface area (Å²) in [6.45, 7) is 3.52. The fourth-order valence-corrected chi connectivity index (χ4v) is 1.48. The minimum Gasteiger partial charge on any atom is -0.508 e. The molecule has 18 heavy (non-hydrogen) atoms. The first-order valence-corrected chi connectivity index (χ1v) is 5.35. The average Bonchev–Trinajstić information content (AvgIpc) is 2.68. The van der Waals surface area contributed by atoms with E-state index in [9.17, 15) is 9.90 Å². The Morgan fingerprint density at radius 1 is 1.28 bits per heavy atom. The maximum absolute atomic E-state index is 11.7. The molecule has 6 heteroatoms. The maximum atomic E-state index is 11.7. The van der Waals surface area contributed by atoms with Gasteiger partial charge in [0.2, 0.25) is 0 Å². The van der Waals surface area contributed by atoms with Crippen LogP contribution in [0, 0.1) is 13.8 Å². The quantitative estimate of drug-likeness (QED) is 0.712. The number of rotatable bonds is 2. The molecule has 0 saturated heterocycles. The molecular weight excluding hydrogens is 234 g/mol. The van der Waals surface area contributed by atoms with Crippen molar-refractivity contribution in [2.45, 2.75) is 13.8 Å². The highest BCUT2D eigenvalue weighted by atomic mass is 16.5. The molecule has 1 heterocycles. The van der Waals surface area contributed by atoms with Crippen molar-refractivity contribution in [3.05, 3.63) is 35.6 Å². The topological polar surface area (TPSA) is 87.4 Å². The number of hydrogen-bond donors (Lipinski definition) is 3. The van der Waals surface area contributed by atoms with Crippen molar-refractivity contribution in [3.8, 4) is 5.75 Å². The van der Waals surface area contributed by atoms with E-state index in [1.54, 1.807) is 32.0 Å². The van der Waals surface area contributed by atoms with Crippen LogP contribution in [0.1, 0.15) is 11.3 Å². The fourth-order valence-electron chi connectivity index (χ4n) is 1.48. The molecule has 0 saturated carbocycles. The van der Waals surface area contributed by atoms with Crippen molar-refractivity contribution in [3.63, 3.8) is 0 Å². The van der Waals surface area contributed by atoms with Crippen LogP contribution in [0.2, 0.25) is 0 Å². The molecule has 0 aliphatic carbocycles. The molecule has 0 spiro atoms. The molecule has 94 valence electrons. The highest BCUT2D eigenvalue weighted by Crippen LogP contribution is 2.20. The molecule has 0 fully saturated rings. The normalized spacial score (nSPS) is 10.1. The van der Waals surface area contributed by atoms with Gasteiger partial charge >= 0.3 is 6.03 Å². The lowest BCUT2D eigenvalue weighted by Gasteiger charge is -2.08. The Balaban J connectivity index is 2.03. The number of amides is 2. The number of hydrogen-bond acceptors (Lipinski definition) is 4. The lowest BCUT2D eigenvalue weighted by molar-refractivity contribution is 0.262. The zero-order valence-electron chi connectivity index (χ0n) is 10.0. The minimum atomic E-state index is -0.419. The Morgan fingerprint density at radius 2 is 2.06 bits per heavy atom. The molecule has 2 rings (SSSR count). The van der Waals surface area contributed by atoms with Gasteiger partial charge in [-0.1, -0.05) is 5.16 Å². The van der Waals surface area contributed by atoms with Gasteiger partial charge in [-0.15, -0.1) is 0 Å². The molecule has 2 aromatic rings. The van der Waals surface area contributed by atoms with Crippen molar-refractivity contribution in [2.75, 3.05) is 10.6 Å². The van der Waals surface area contributed by atoms with E-state index in [0.717, 1.165) is 5.56 Å². The van der Waals surface area contributed by atoms with Gasteiger partial charge in [0.15, 0.2) is 5.82 Å². The van der Waals surface area contributed by atoms with Gasteiger partial charge in [0.25, 0.3) is 0 Å². The highest BCUT2D eigenvalue weighted by Gasteiger charge is 2.07. The summed E-state index contributed by atoms with van der Waals surface area (Å²) in [4.78, 5) is 11.7. The number of nitrogens with zero attached hydrogens (tertiary/aromatic N) is 1. The van der Waals surface area contributed by atoms with Crippen molar-refractivity contribution in [2.24, 2.45) is 0 Å². The molecule has 0 bridgehead atoms. The minimum absolute atomic E-state index is 0.158. The van der Waals surface area contributed by atoms with E-state index in [1.807, 2.05) is 0 Å². The zero-order valence-corrected chi connectivity index (χ0v) is 10.0. The first-order chi connectivity index (χ1) is 8.54. The van der Waals surface area contributed by atoms with Crippen LogP contribution in [0.15, 0.2) is 28.8 Å². The molecule has 3 N–H and O–H groups in total. The van der Waals surface area contributed by atoms with Crippen LogP contribution >= 0.6 is 0 Å². The Hall–Kier alpha value is -2.50. The number of aromatic nitrogens is 1. The molecule has 6 nitrogen and oxygen atoms in total. The number of anilines is 2. The smallest absolute Gasteiger partial charge is 0.324 e. The summed E-state index contributed by atoms with van der Waals surface area (Å²) >= 11 is 0. The predicted octanol–water partition coefficient (Wildman–Crippen LogP) is 2.64. The maximum Gasteiger partial charge on any atom is 0.324 e. The van der Waals surface area contributed by atoms with E-state index in [-0.39, 0.29) is 5.75 Å². The van der Waals surface area contributed by atoms with Crippen molar-refractivity contribution in [1.29, 1.82) is 0 Å². The van der Waals surface area contributed by atoms with Crippen LogP contribution in [0.4, 0.5) is 16.3 Å². The van der Waals surface area contributed by atoms with Gasteiger partial charge in [0.05, 0.1) is 0 Å². The van der Waals surface area contributed by atoms with E-state index in [1.165, 1.54) is 6.07 Å². The average molecular weight is 247 g/mol. The number of aromatic hydroxyl groups is 1. The molecule has 2 amide bonds. The first kappa shape index (κ1) is 12.0. The second kappa shape index (κ2) is 4.79. The van der Waals surface area contributed by atoms with Crippen LogP contribution in [0.3, 0.4) is 0 Å². The molecule has 0 unspecified atom stereocenters. The van der Waals surface area contributed by atoms with Gasteiger partial charge in [-0.05, 0) is 37.6 Å². The molecule has 0 aliphatic rings. The third-order valence-corrected chi connectivity index (χ3v) is 2.33. The Morgan fingerprint density at radius 3 is 2.67 bits per heavy atom. The molecule has 0 aliphatic heterocycles. The monoisotopic (exact) mass is 247 g/mol. The van der Waals surface area contributed by atoms with E-state index in [2.05, 4.69) is 15.8 Å². The second-order valence-electron chi connectivity index (χ2n) is 3.90. The molecule has 0 atom stereocenters. The summed E-state index contributed by atoms with van der Waals surface area (Å²) in [6.07, 6.45) is 0. The Kier molecular flexibility index (Phi) is 3.18. The molecular formula is C12H13N3O3. The predicted molar refractivity (Wildman–Crippen MR) is 66.7 cm³/mol. The number of aryl methyl sites for hydroxylation is 2. The summed E-state index contributed by atoms with van der Waals surface area (Å²) in [7, 11) is 0. The van der Waals surface area contributed by atoms with Crippen LogP contribution in [0.5, 0.6) is 5.75 Å². The SMILES string of the molecule is Cc1cc(NC(=O)Nc2ccc(O)cc2C)no1. The van der Waals surface area contributed by atoms with Gasteiger partial charge < -0.3 is 14.9 Å². The van der Waals surface area contributed by atoms with E-state index in [4.69, 9.17) is 4.52 Å². The summed E-state index contributed by atoms with van der Waals surface area (Å²) < 4.78 is 4.83. The lowest BCUT2D eigenvalue weighted by atomic mass is 10.2. The standard InChI is InChI=1S/C12H13N3O3/c1-7-5-9(16)3-4-10(7)13-12(17)14-11-6-8(2)18-15-11/h3-6,16H,1-2H3,(H2,13,14,15,17). The third-order valence-electron chi connectivity index (χ3n) is 2.33. The van der Waals surface area contributed by atoms with Crippen molar-refractivity contribution >= 4 is 17.5 Å². The fraction of sp³-hybridized carbons (Fsp3) is 0.167. The first-order valence-electron chi connectivity index (χ1n) is 5.35. The van der Waals surface area contributed by atoms with E-state index >= 15 is 0 Å². The number of urea groups is 1. The Labute approximate surface area is 104 Å². The number of carbonyl (C=O) groups is 1. The number of nitrogens with one attached hydrogen (secondary N) is 2. The molecule has 1 aromatic carbocycles. The number of phenols is 1. The Bertz CT molecular complexity index is 578. The third kappa shape index (κ3) is 2.79. The van der Waals surface area contributed by atoms with Crippen molar-refractivity contribution < 1.29 is 14.4 Å².